The fourth-order valence-electron chi connectivity index (χ4n) is 2.27. The standard InChI is InChI=1S/C16H17NO5/c1-17-13(7-4-10(16(17)20)8-15(18)19)12-6-5-11(21-2)9-14(12)22-3/h4-7,9H,8H2,1-3H3,(H,18,19). The summed E-state index contributed by atoms with van der Waals surface area (Å²) in [5, 5.41) is 8.83. The number of rotatable bonds is 5. The summed E-state index contributed by atoms with van der Waals surface area (Å²) in [7, 11) is 4.70. The van der Waals surface area contributed by atoms with Gasteiger partial charge in [-0.05, 0) is 18.2 Å². The second-order valence-electron chi connectivity index (χ2n) is 4.74. The molecule has 2 aromatic rings. The molecule has 0 atom stereocenters. The van der Waals surface area contributed by atoms with Gasteiger partial charge in [0.15, 0.2) is 0 Å². The van der Waals surface area contributed by atoms with Crippen molar-refractivity contribution in [3.05, 3.63) is 46.2 Å². The highest BCUT2D eigenvalue weighted by molar-refractivity contribution is 5.72. The number of carboxylic acids is 1. The minimum Gasteiger partial charge on any atom is -0.497 e. The summed E-state index contributed by atoms with van der Waals surface area (Å²) in [6.45, 7) is 0. The predicted molar refractivity (Wildman–Crippen MR) is 81.6 cm³/mol. The maximum Gasteiger partial charge on any atom is 0.308 e. The molecule has 0 radical (unpaired) electrons. The normalized spacial score (nSPS) is 10.3. The predicted octanol–water partition coefficient (Wildman–Crippen LogP) is 1.70. The Balaban J connectivity index is 2.57. The van der Waals surface area contributed by atoms with E-state index in [9.17, 15) is 9.59 Å². The lowest BCUT2D eigenvalue weighted by Crippen LogP contribution is -2.24. The number of nitrogens with zero attached hydrogens (tertiary/aromatic N) is 1. The molecule has 0 amide bonds. The molecule has 0 fully saturated rings. The Labute approximate surface area is 127 Å². The lowest BCUT2D eigenvalue weighted by molar-refractivity contribution is -0.136. The van der Waals surface area contributed by atoms with Crippen LogP contribution in [0.1, 0.15) is 5.56 Å². The Hall–Kier alpha value is -2.76. The number of hydrogen-bond acceptors (Lipinski definition) is 4. The van der Waals surface area contributed by atoms with Gasteiger partial charge in [0.25, 0.3) is 5.56 Å². The van der Waals surface area contributed by atoms with Crippen molar-refractivity contribution in [2.24, 2.45) is 7.05 Å². The van der Waals surface area contributed by atoms with Gasteiger partial charge in [0, 0.05) is 24.2 Å². The van der Waals surface area contributed by atoms with Crippen molar-refractivity contribution in [2.45, 2.75) is 6.42 Å². The first-order valence-electron chi connectivity index (χ1n) is 6.61. The highest BCUT2D eigenvalue weighted by atomic mass is 16.5. The zero-order valence-electron chi connectivity index (χ0n) is 12.6. The highest BCUT2D eigenvalue weighted by Crippen LogP contribution is 2.32. The van der Waals surface area contributed by atoms with Crippen LogP contribution < -0.4 is 15.0 Å². The third kappa shape index (κ3) is 2.95. The van der Waals surface area contributed by atoms with Crippen LogP contribution >= 0.6 is 0 Å². The lowest BCUT2D eigenvalue weighted by Gasteiger charge is -2.14. The minimum atomic E-state index is -1.04. The largest absolute Gasteiger partial charge is 0.497 e. The van der Waals surface area contributed by atoms with Crippen molar-refractivity contribution in [2.75, 3.05) is 14.2 Å². The molecule has 0 bridgehead atoms. The van der Waals surface area contributed by atoms with Crippen LogP contribution in [0.15, 0.2) is 35.1 Å². The fourth-order valence-corrected chi connectivity index (χ4v) is 2.27. The third-order valence-electron chi connectivity index (χ3n) is 3.41. The van der Waals surface area contributed by atoms with Crippen LogP contribution in [-0.4, -0.2) is 29.9 Å². The molecule has 116 valence electrons. The molecule has 0 aliphatic carbocycles. The first-order valence-corrected chi connectivity index (χ1v) is 6.61. The number of carbonyl (C=O) groups is 1. The van der Waals surface area contributed by atoms with E-state index in [1.54, 1.807) is 38.4 Å². The zero-order chi connectivity index (χ0) is 16.3. The average molecular weight is 303 g/mol. The minimum absolute atomic E-state index is 0.242. The van der Waals surface area contributed by atoms with E-state index in [0.717, 1.165) is 5.56 Å². The number of hydrogen-bond donors (Lipinski definition) is 1. The molecule has 6 nitrogen and oxygen atoms in total. The van der Waals surface area contributed by atoms with Crippen LogP contribution in [0.25, 0.3) is 11.3 Å². The summed E-state index contributed by atoms with van der Waals surface area (Å²) in [4.78, 5) is 23.0. The summed E-state index contributed by atoms with van der Waals surface area (Å²) >= 11 is 0. The summed E-state index contributed by atoms with van der Waals surface area (Å²) in [6, 6.07) is 8.54. The number of methoxy groups -OCH3 is 2. The van der Waals surface area contributed by atoms with Crippen molar-refractivity contribution in [1.82, 2.24) is 4.57 Å². The molecular formula is C16H17NO5. The second-order valence-corrected chi connectivity index (χ2v) is 4.74. The Bertz CT molecular complexity index is 764. The summed E-state index contributed by atoms with van der Waals surface area (Å²) < 4.78 is 11.9. The lowest BCUT2D eigenvalue weighted by atomic mass is 10.1. The first kappa shape index (κ1) is 15.6. The van der Waals surface area contributed by atoms with Gasteiger partial charge in [0.2, 0.25) is 0 Å². The molecule has 0 spiro atoms. The van der Waals surface area contributed by atoms with Gasteiger partial charge in [0.05, 0.1) is 26.3 Å². The van der Waals surface area contributed by atoms with Crippen molar-refractivity contribution < 1.29 is 19.4 Å². The van der Waals surface area contributed by atoms with Gasteiger partial charge in [-0.25, -0.2) is 0 Å². The van der Waals surface area contributed by atoms with Crippen LogP contribution in [0, 0.1) is 0 Å². The van der Waals surface area contributed by atoms with Crippen LogP contribution in [-0.2, 0) is 18.3 Å². The van der Waals surface area contributed by atoms with Gasteiger partial charge in [-0.1, -0.05) is 6.07 Å². The molecule has 1 N–H and O–H groups in total. The van der Waals surface area contributed by atoms with E-state index in [0.29, 0.717) is 17.2 Å². The maximum absolute atomic E-state index is 12.3. The van der Waals surface area contributed by atoms with Gasteiger partial charge >= 0.3 is 5.97 Å². The second kappa shape index (κ2) is 6.34. The van der Waals surface area contributed by atoms with Gasteiger partial charge in [0.1, 0.15) is 11.5 Å². The Kier molecular flexibility index (Phi) is 4.50. The molecule has 2 rings (SSSR count). The first-order chi connectivity index (χ1) is 10.5. The van der Waals surface area contributed by atoms with Crippen LogP contribution in [0.3, 0.4) is 0 Å². The number of benzene rings is 1. The van der Waals surface area contributed by atoms with E-state index < -0.39 is 5.97 Å². The fraction of sp³-hybridized carbons (Fsp3) is 0.250. The Morgan fingerprint density at radius 3 is 2.50 bits per heavy atom. The molecule has 6 heteroatoms. The van der Waals surface area contributed by atoms with Gasteiger partial charge in [-0.2, -0.15) is 0 Å². The zero-order valence-corrected chi connectivity index (χ0v) is 12.6. The highest BCUT2D eigenvalue weighted by Gasteiger charge is 2.14. The molecule has 22 heavy (non-hydrogen) atoms. The maximum atomic E-state index is 12.3. The van der Waals surface area contributed by atoms with Crippen molar-refractivity contribution in [3.8, 4) is 22.8 Å². The van der Waals surface area contributed by atoms with E-state index >= 15 is 0 Å². The topological polar surface area (TPSA) is 77.8 Å². The number of pyridine rings is 1. The van der Waals surface area contributed by atoms with Gasteiger partial charge in [-0.15, -0.1) is 0 Å². The molecule has 0 unspecified atom stereocenters. The van der Waals surface area contributed by atoms with E-state index in [1.165, 1.54) is 17.7 Å². The molecule has 0 aliphatic rings. The monoisotopic (exact) mass is 303 g/mol. The molecule has 1 heterocycles. The summed E-state index contributed by atoms with van der Waals surface area (Å²) in [6.07, 6.45) is -0.299. The van der Waals surface area contributed by atoms with Crippen LogP contribution in [0.4, 0.5) is 0 Å². The molecule has 1 aromatic carbocycles. The summed E-state index contributed by atoms with van der Waals surface area (Å²) in [5.41, 5.74) is 1.27. The van der Waals surface area contributed by atoms with E-state index in [2.05, 4.69) is 0 Å². The quantitative estimate of drug-likeness (QED) is 0.909. The molecule has 1 aromatic heterocycles. The molecule has 0 saturated carbocycles. The van der Waals surface area contributed by atoms with E-state index in [4.69, 9.17) is 14.6 Å². The SMILES string of the molecule is COc1ccc(-c2ccc(CC(=O)O)c(=O)n2C)c(OC)c1. The number of aliphatic carboxylic acids is 1. The molecule has 0 saturated heterocycles. The summed E-state index contributed by atoms with van der Waals surface area (Å²) in [5.74, 6) is 0.181. The van der Waals surface area contributed by atoms with E-state index in [1.807, 2.05) is 0 Å². The molecular weight excluding hydrogens is 286 g/mol. The number of ether oxygens (including phenoxy) is 2. The Morgan fingerprint density at radius 2 is 1.91 bits per heavy atom. The van der Waals surface area contributed by atoms with Crippen molar-refractivity contribution in [3.63, 3.8) is 0 Å². The number of aromatic nitrogens is 1. The van der Waals surface area contributed by atoms with E-state index in [-0.39, 0.29) is 17.5 Å². The number of carboxylic acid groups (broad SMARTS) is 1. The van der Waals surface area contributed by atoms with Gasteiger partial charge in [-0.3, -0.25) is 9.59 Å². The Morgan fingerprint density at radius 1 is 1.18 bits per heavy atom. The molecule has 0 aliphatic heterocycles. The smallest absolute Gasteiger partial charge is 0.308 e. The third-order valence-corrected chi connectivity index (χ3v) is 3.41. The van der Waals surface area contributed by atoms with Gasteiger partial charge < -0.3 is 19.1 Å². The van der Waals surface area contributed by atoms with Crippen LogP contribution in [0.2, 0.25) is 0 Å². The van der Waals surface area contributed by atoms with Crippen molar-refractivity contribution >= 4 is 5.97 Å². The van der Waals surface area contributed by atoms with Crippen molar-refractivity contribution in [1.29, 1.82) is 0 Å². The average Bonchev–Trinajstić information content (AvgIpc) is 2.51. The van der Waals surface area contributed by atoms with Crippen LogP contribution in [0.5, 0.6) is 11.5 Å².